The normalized spacial score (nSPS) is 10.5. The van der Waals surface area contributed by atoms with Crippen LogP contribution in [-0.4, -0.2) is 7.05 Å². The van der Waals surface area contributed by atoms with E-state index in [0.29, 0.717) is 6.54 Å². The predicted molar refractivity (Wildman–Crippen MR) is 85.9 cm³/mol. The van der Waals surface area contributed by atoms with E-state index in [9.17, 15) is 0 Å². The molecule has 0 unspecified atom stereocenters. The van der Waals surface area contributed by atoms with Gasteiger partial charge in [-0.1, -0.05) is 25.1 Å². The minimum Gasteiger partial charge on any atom is -0.344 e. The van der Waals surface area contributed by atoms with E-state index in [2.05, 4.69) is 77.3 Å². The zero-order chi connectivity index (χ0) is 13.8. The van der Waals surface area contributed by atoms with Gasteiger partial charge < -0.3 is 10.6 Å². The van der Waals surface area contributed by atoms with Gasteiger partial charge in [0, 0.05) is 23.8 Å². The highest BCUT2D eigenvalue weighted by atomic mass is 79.9. The monoisotopic (exact) mass is 318 g/mol. The summed E-state index contributed by atoms with van der Waals surface area (Å²) in [6, 6.07) is 14.9. The molecule has 0 aliphatic rings. The highest BCUT2D eigenvalue weighted by Gasteiger charge is 2.08. The highest BCUT2D eigenvalue weighted by molar-refractivity contribution is 9.10. The molecular weight excluding hydrogens is 300 g/mol. The van der Waals surface area contributed by atoms with E-state index in [-0.39, 0.29) is 0 Å². The van der Waals surface area contributed by atoms with Crippen molar-refractivity contribution in [2.75, 3.05) is 11.9 Å². The third kappa shape index (κ3) is 3.17. The van der Waals surface area contributed by atoms with Gasteiger partial charge in [0.15, 0.2) is 0 Å². The molecule has 0 fully saturated rings. The van der Waals surface area contributed by atoms with Crippen LogP contribution in [0.15, 0.2) is 46.9 Å². The number of nitrogens with two attached hydrogens (primary N) is 1. The molecule has 0 spiro atoms. The maximum absolute atomic E-state index is 5.65. The number of aryl methyl sites for hydroxylation is 1. The second-order valence-electron chi connectivity index (χ2n) is 4.57. The van der Waals surface area contributed by atoms with Gasteiger partial charge in [0.1, 0.15) is 0 Å². The van der Waals surface area contributed by atoms with Crippen molar-refractivity contribution in [3.05, 3.63) is 58.1 Å². The van der Waals surface area contributed by atoms with Gasteiger partial charge in [-0.25, -0.2) is 0 Å². The zero-order valence-electron chi connectivity index (χ0n) is 11.4. The quantitative estimate of drug-likeness (QED) is 0.913. The Hall–Kier alpha value is -1.32. The van der Waals surface area contributed by atoms with E-state index >= 15 is 0 Å². The van der Waals surface area contributed by atoms with E-state index < -0.39 is 0 Å². The van der Waals surface area contributed by atoms with Crippen molar-refractivity contribution >= 4 is 27.3 Å². The summed E-state index contributed by atoms with van der Waals surface area (Å²) in [5.41, 5.74) is 10.5. The summed E-state index contributed by atoms with van der Waals surface area (Å²) in [5, 5.41) is 0. The number of hydrogen-bond acceptors (Lipinski definition) is 2. The van der Waals surface area contributed by atoms with Gasteiger partial charge in [0.25, 0.3) is 0 Å². The van der Waals surface area contributed by atoms with Gasteiger partial charge in [-0.15, -0.1) is 0 Å². The van der Waals surface area contributed by atoms with Crippen LogP contribution in [0, 0.1) is 0 Å². The van der Waals surface area contributed by atoms with E-state index in [1.807, 2.05) is 0 Å². The van der Waals surface area contributed by atoms with Crippen LogP contribution in [0.3, 0.4) is 0 Å². The van der Waals surface area contributed by atoms with Crippen LogP contribution in [0.4, 0.5) is 11.4 Å². The SMILES string of the molecule is CCc1ccc(N(C)c2ccc(CN)cc2Br)cc1. The van der Waals surface area contributed by atoms with E-state index in [1.165, 1.54) is 11.3 Å². The highest BCUT2D eigenvalue weighted by Crippen LogP contribution is 2.31. The average molecular weight is 319 g/mol. The zero-order valence-corrected chi connectivity index (χ0v) is 12.9. The van der Waals surface area contributed by atoms with Gasteiger partial charge in [0.05, 0.1) is 5.69 Å². The molecule has 2 nitrogen and oxygen atoms in total. The molecule has 2 aromatic rings. The number of nitrogens with zero attached hydrogens (tertiary/aromatic N) is 1. The third-order valence-corrected chi connectivity index (χ3v) is 3.98. The lowest BCUT2D eigenvalue weighted by Gasteiger charge is -2.21. The van der Waals surface area contributed by atoms with Crippen molar-refractivity contribution in [1.82, 2.24) is 0 Å². The largest absolute Gasteiger partial charge is 0.344 e. The molecule has 3 heteroatoms. The van der Waals surface area contributed by atoms with E-state index in [4.69, 9.17) is 5.73 Å². The van der Waals surface area contributed by atoms with Crippen molar-refractivity contribution in [2.45, 2.75) is 19.9 Å². The molecule has 100 valence electrons. The molecule has 0 aromatic heterocycles. The number of anilines is 2. The first-order chi connectivity index (χ1) is 9.15. The topological polar surface area (TPSA) is 29.3 Å². The minimum absolute atomic E-state index is 0.563. The third-order valence-electron chi connectivity index (χ3n) is 3.34. The molecule has 2 N–H and O–H groups in total. The van der Waals surface area contributed by atoms with Crippen LogP contribution in [0.2, 0.25) is 0 Å². The Labute approximate surface area is 123 Å². The van der Waals surface area contributed by atoms with Crippen molar-refractivity contribution in [3.63, 3.8) is 0 Å². The maximum Gasteiger partial charge on any atom is 0.0552 e. The molecule has 0 atom stereocenters. The Bertz CT molecular complexity index is 549. The standard InChI is InChI=1S/C16H19BrN2/c1-3-12-4-7-14(8-5-12)19(2)16-9-6-13(11-18)10-15(16)17/h4-10H,3,11,18H2,1-2H3. The Kier molecular flexibility index (Phi) is 4.61. The smallest absolute Gasteiger partial charge is 0.0552 e. The molecular formula is C16H19BrN2. The van der Waals surface area contributed by atoms with E-state index in [0.717, 1.165) is 22.1 Å². The molecule has 2 rings (SSSR count). The molecule has 0 saturated heterocycles. The lowest BCUT2D eigenvalue weighted by Crippen LogP contribution is -2.10. The van der Waals surface area contributed by atoms with Crippen LogP contribution in [0.5, 0.6) is 0 Å². The van der Waals surface area contributed by atoms with Crippen molar-refractivity contribution in [2.24, 2.45) is 5.73 Å². The van der Waals surface area contributed by atoms with Gasteiger partial charge in [-0.3, -0.25) is 0 Å². The molecule has 2 aromatic carbocycles. The van der Waals surface area contributed by atoms with Crippen LogP contribution in [0.25, 0.3) is 0 Å². The van der Waals surface area contributed by atoms with E-state index in [1.54, 1.807) is 0 Å². The maximum atomic E-state index is 5.65. The molecule has 0 saturated carbocycles. The van der Waals surface area contributed by atoms with Crippen LogP contribution < -0.4 is 10.6 Å². The second-order valence-corrected chi connectivity index (χ2v) is 5.42. The fourth-order valence-electron chi connectivity index (χ4n) is 2.04. The molecule has 0 heterocycles. The lowest BCUT2D eigenvalue weighted by molar-refractivity contribution is 1.06. The Morgan fingerprint density at radius 3 is 2.21 bits per heavy atom. The lowest BCUT2D eigenvalue weighted by atomic mass is 10.1. The van der Waals surface area contributed by atoms with Gasteiger partial charge in [-0.2, -0.15) is 0 Å². The van der Waals surface area contributed by atoms with Crippen LogP contribution in [-0.2, 0) is 13.0 Å². The number of hydrogen-bond donors (Lipinski definition) is 1. The number of rotatable bonds is 4. The number of halogens is 1. The fourth-order valence-corrected chi connectivity index (χ4v) is 2.74. The molecule has 0 aliphatic carbocycles. The molecule has 0 radical (unpaired) electrons. The molecule has 0 bridgehead atoms. The summed E-state index contributed by atoms with van der Waals surface area (Å²) in [7, 11) is 2.07. The Morgan fingerprint density at radius 1 is 1.05 bits per heavy atom. The average Bonchev–Trinajstić information content (AvgIpc) is 2.46. The summed E-state index contributed by atoms with van der Waals surface area (Å²) in [4.78, 5) is 2.17. The fraction of sp³-hybridized carbons (Fsp3) is 0.250. The van der Waals surface area contributed by atoms with Crippen LogP contribution >= 0.6 is 15.9 Å². The molecule has 19 heavy (non-hydrogen) atoms. The van der Waals surface area contributed by atoms with Gasteiger partial charge >= 0.3 is 0 Å². The van der Waals surface area contributed by atoms with Gasteiger partial charge in [-0.05, 0) is 57.7 Å². The Morgan fingerprint density at radius 2 is 1.68 bits per heavy atom. The van der Waals surface area contributed by atoms with Crippen molar-refractivity contribution in [3.8, 4) is 0 Å². The summed E-state index contributed by atoms with van der Waals surface area (Å²) >= 11 is 3.62. The second kappa shape index (κ2) is 6.22. The summed E-state index contributed by atoms with van der Waals surface area (Å²) in [6.07, 6.45) is 1.07. The summed E-state index contributed by atoms with van der Waals surface area (Å²) in [5.74, 6) is 0. The van der Waals surface area contributed by atoms with Crippen molar-refractivity contribution < 1.29 is 0 Å². The van der Waals surface area contributed by atoms with Crippen LogP contribution in [0.1, 0.15) is 18.1 Å². The molecule has 0 aliphatic heterocycles. The first-order valence-corrected chi connectivity index (χ1v) is 7.26. The predicted octanol–water partition coefficient (Wildman–Crippen LogP) is 4.24. The first kappa shape index (κ1) is 14.1. The van der Waals surface area contributed by atoms with Crippen molar-refractivity contribution in [1.29, 1.82) is 0 Å². The summed E-state index contributed by atoms with van der Waals surface area (Å²) < 4.78 is 1.07. The first-order valence-electron chi connectivity index (χ1n) is 6.47. The van der Waals surface area contributed by atoms with Gasteiger partial charge in [0.2, 0.25) is 0 Å². The molecule has 0 amide bonds. The minimum atomic E-state index is 0.563. The number of benzene rings is 2. The Balaban J connectivity index is 2.29. The summed E-state index contributed by atoms with van der Waals surface area (Å²) in [6.45, 7) is 2.73.